The number of hydrogen-bond donors (Lipinski definition) is 1. The van der Waals surface area contributed by atoms with Crippen molar-refractivity contribution >= 4 is 45.9 Å². The maximum atomic E-state index is 12.2. The molecule has 0 bridgehead atoms. The molecule has 8 heteroatoms. The van der Waals surface area contributed by atoms with Crippen LogP contribution in [0.25, 0.3) is 22.6 Å². The molecule has 0 fully saturated rings. The van der Waals surface area contributed by atoms with Gasteiger partial charge in [-0.25, -0.2) is 4.98 Å². The summed E-state index contributed by atoms with van der Waals surface area (Å²) in [7, 11) is 1.61. The minimum atomic E-state index is -0.334. The number of rotatable bonds is 6. The highest BCUT2D eigenvalue weighted by Crippen LogP contribution is 2.29. The molecule has 4 aromatic rings. The van der Waals surface area contributed by atoms with Gasteiger partial charge in [0.05, 0.1) is 12.1 Å². The van der Waals surface area contributed by atoms with Gasteiger partial charge in [-0.1, -0.05) is 23.2 Å². The normalized spacial score (nSPS) is 10.8. The quantitative estimate of drug-likeness (QED) is 0.406. The molecule has 0 radical (unpaired) electrons. The fourth-order valence-corrected chi connectivity index (χ4v) is 3.26. The predicted molar refractivity (Wildman–Crippen MR) is 117 cm³/mol. The fraction of sp³-hybridized carbons (Fsp3) is 0.0909. The van der Waals surface area contributed by atoms with Crippen molar-refractivity contribution < 1.29 is 18.7 Å². The van der Waals surface area contributed by atoms with Crippen LogP contribution in [-0.2, 0) is 4.79 Å². The number of methoxy groups -OCH3 is 1. The van der Waals surface area contributed by atoms with E-state index in [0.29, 0.717) is 38.5 Å². The maximum absolute atomic E-state index is 12.2. The number of carbonyl (C=O) groups is 1. The summed E-state index contributed by atoms with van der Waals surface area (Å²) < 4.78 is 16.4. The van der Waals surface area contributed by atoms with Gasteiger partial charge in [-0.05, 0) is 60.7 Å². The number of oxazole rings is 1. The smallest absolute Gasteiger partial charge is 0.262 e. The van der Waals surface area contributed by atoms with E-state index >= 15 is 0 Å². The first-order valence-corrected chi connectivity index (χ1v) is 9.70. The fourth-order valence-electron chi connectivity index (χ4n) is 2.79. The summed E-state index contributed by atoms with van der Waals surface area (Å²) in [5.41, 5.74) is 2.64. The number of amides is 1. The van der Waals surface area contributed by atoms with E-state index in [2.05, 4.69) is 10.3 Å². The minimum Gasteiger partial charge on any atom is -0.497 e. The third-order valence-electron chi connectivity index (χ3n) is 4.26. The van der Waals surface area contributed by atoms with E-state index in [0.717, 1.165) is 11.3 Å². The van der Waals surface area contributed by atoms with Crippen LogP contribution in [0.1, 0.15) is 0 Å². The van der Waals surface area contributed by atoms with E-state index in [-0.39, 0.29) is 12.5 Å². The topological polar surface area (TPSA) is 73.6 Å². The lowest BCUT2D eigenvalue weighted by atomic mass is 10.2. The summed E-state index contributed by atoms with van der Waals surface area (Å²) in [6.45, 7) is -0.199. The summed E-state index contributed by atoms with van der Waals surface area (Å²) in [5.74, 6) is 1.28. The zero-order chi connectivity index (χ0) is 21.1. The molecular weight excluding hydrogens is 427 g/mol. The summed E-state index contributed by atoms with van der Waals surface area (Å²) in [6, 6.07) is 17.4. The summed E-state index contributed by atoms with van der Waals surface area (Å²) in [5, 5.41) is 3.60. The van der Waals surface area contributed by atoms with Gasteiger partial charge in [0.15, 0.2) is 12.2 Å². The molecule has 0 spiro atoms. The molecule has 1 heterocycles. The number of halogens is 2. The summed E-state index contributed by atoms with van der Waals surface area (Å²) >= 11 is 11.9. The first-order valence-electron chi connectivity index (χ1n) is 8.94. The Morgan fingerprint density at radius 2 is 1.87 bits per heavy atom. The zero-order valence-electron chi connectivity index (χ0n) is 15.8. The van der Waals surface area contributed by atoms with Crippen LogP contribution in [0.15, 0.2) is 65.1 Å². The zero-order valence-corrected chi connectivity index (χ0v) is 17.3. The van der Waals surface area contributed by atoms with E-state index in [1.54, 1.807) is 43.5 Å². The number of fused-ring (bicyclic) bond motifs is 1. The Bertz CT molecular complexity index is 1210. The average molecular weight is 443 g/mol. The molecule has 30 heavy (non-hydrogen) atoms. The Morgan fingerprint density at radius 3 is 2.60 bits per heavy atom. The number of hydrogen-bond acceptors (Lipinski definition) is 5. The molecule has 1 N–H and O–H groups in total. The number of nitrogens with one attached hydrogen (secondary N) is 1. The second kappa shape index (κ2) is 8.65. The highest BCUT2D eigenvalue weighted by Gasteiger charge is 2.11. The van der Waals surface area contributed by atoms with Gasteiger partial charge in [0.1, 0.15) is 17.0 Å². The van der Waals surface area contributed by atoms with Gasteiger partial charge in [0.25, 0.3) is 5.91 Å². The molecule has 0 saturated heterocycles. The van der Waals surface area contributed by atoms with Crippen molar-refractivity contribution in [2.24, 2.45) is 0 Å². The van der Waals surface area contributed by atoms with Crippen LogP contribution >= 0.6 is 23.2 Å². The number of ether oxygens (including phenoxy) is 2. The Balaban J connectivity index is 1.44. The van der Waals surface area contributed by atoms with E-state index in [9.17, 15) is 4.79 Å². The molecule has 0 atom stereocenters. The van der Waals surface area contributed by atoms with Gasteiger partial charge in [-0.2, -0.15) is 0 Å². The molecular formula is C22H16Cl2N2O4. The SMILES string of the molecule is COc1ccc(-c2nc3cc(NC(=O)COc4ccc(Cl)cc4Cl)ccc3o2)cc1. The molecule has 0 aliphatic heterocycles. The predicted octanol–water partition coefficient (Wildman–Crippen LogP) is 5.83. The van der Waals surface area contributed by atoms with Crippen molar-refractivity contribution in [2.75, 3.05) is 19.0 Å². The third kappa shape index (κ3) is 4.50. The van der Waals surface area contributed by atoms with Crippen molar-refractivity contribution in [1.82, 2.24) is 4.98 Å². The number of carbonyl (C=O) groups excluding carboxylic acids is 1. The largest absolute Gasteiger partial charge is 0.497 e. The lowest BCUT2D eigenvalue weighted by Gasteiger charge is -2.09. The molecule has 0 aliphatic carbocycles. The minimum absolute atomic E-state index is 0.199. The highest BCUT2D eigenvalue weighted by molar-refractivity contribution is 6.35. The number of aromatic nitrogens is 1. The number of benzene rings is 3. The van der Waals surface area contributed by atoms with Crippen LogP contribution in [0, 0.1) is 0 Å². The number of nitrogens with zero attached hydrogens (tertiary/aromatic N) is 1. The van der Waals surface area contributed by atoms with Gasteiger partial charge in [-0.15, -0.1) is 0 Å². The van der Waals surface area contributed by atoms with Gasteiger partial charge in [-0.3, -0.25) is 4.79 Å². The van der Waals surface area contributed by atoms with Gasteiger partial charge in [0, 0.05) is 16.3 Å². The summed E-state index contributed by atoms with van der Waals surface area (Å²) in [4.78, 5) is 16.7. The molecule has 3 aromatic carbocycles. The Morgan fingerprint density at radius 1 is 1.07 bits per heavy atom. The van der Waals surface area contributed by atoms with Crippen LogP contribution in [0.3, 0.4) is 0 Å². The van der Waals surface area contributed by atoms with Gasteiger partial charge >= 0.3 is 0 Å². The molecule has 4 rings (SSSR count). The van der Waals surface area contributed by atoms with Crippen LogP contribution in [-0.4, -0.2) is 24.6 Å². The Hall–Kier alpha value is -3.22. The van der Waals surface area contributed by atoms with Crippen molar-refractivity contribution in [3.8, 4) is 23.0 Å². The molecule has 6 nitrogen and oxygen atoms in total. The molecule has 0 unspecified atom stereocenters. The van der Waals surface area contributed by atoms with Crippen LogP contribution in [0.4, 0.5) is 5.69 Å². The van der Waals surface area contributed by atoms with Crippen molar-refractivity contribution in [1.29, 1.82) is 0 Å². The van der Waals surface area contributed by atoms with E-state index in [1.165, 1.54) is 0 Å². The number of anilines is 1. The molecule has 152 valence electrons. The van der Waals surface area contributed by atoms with Crippen molar-refractivity contribution in [2.45, 2.75) is 0 Å². The maximum Gasteiger partial charge on any atom is 0.262 e. The standard InChI is InChI=1S/C22H16Cl2N2O4/c1-28-16-6-2-13(3-7-16)22-26-18-11-15(5-9-20(18)30-22)25-21(27)12-29-19-8-4-14(23)10-17(19)24/h2-11H,12H2,1H3,(H,25,27). The first kappa shape index (κ1) is 20.1. The molecule has 0 saturated carbocycles. The van der Waals surface area contributed by atoms with Crippen LogP contribution < -0.4 is 14.8 Å². The third-order valence-corrected chi connectivity index (χ3v) is 4.79. The van der Waals surface area contributed by atoms with E-state index in [4.69, 9.17) is 37.1 Å². The van der Waals surface area contributed by atoms with Gasteiger partial charge in [0.2, 0.25) is 5.89 Å². The molecule has 0 aliphatic rings. The Labute approximate surface area is 182 Å². The first-order chi connectivity index (χ1) is 14.5. The monoisotopic (exact) mass is 442 g/mol. The summed E-state index contributed by atoms with van der Waals surface area (Å²) in [6.07, 6.45) is 0. The van der Waals surface area contributed by atoms with Crippen molar-refractivity contribution in [3.63, 3.8) is 0 Å². The van der Waals surface area contributed by atoms with Gasteiger partial charge < -0.3 is 19.2 Å². The van der Waals surface area contributed by atoms with Crippen LogP contribution in [0.5, 0.6) is 11.5 Å². The molecule has 1 amide bonds. The average Bonchev–Trinajstić information content (AvgIpc) is 3.16. The van der Waals surface area contributed by atoms with Crippen molar-refractivity contribution in [3.05, 3.63) is 70.7 Å². The van der Waals surface area contributed by atoms with E-state index in [1.807, 2.05) is 24.3 Å². The van der Waals surface area contributed by atoms with E-state index < -0.39 is 0 Å². The lowest BCUT2D eigenvalue weighted by Crippen LogP contribution is -2.20. The Kier molecular flexibility index (Phi) is 5.79. The second-order valence-electron chi connectivity index (χ2n) is 6.34. The second-order valence-corrected chi connectivity index (χ2v) is 7.19. The molecule has 1 aromatic heterocycles. The van der Waals surface area contributed by atoms with Crippen LogP contribution in [0.2, 0.25) is 10.0 Å². The lowest BCUT2D eigenvalue weighted by molar-refractivity contribution is -0.118. The highest BCUT2D eigenvalue weighted by atomic mass is 35.5.